The molecule has 6 nitrogen and oxygen atoms in total. The van der Waals surface area contributed by atoms with Crippen molar-refractivity contribution in [3.63, 3.8) is 0 Å². The van der Waals surface area contributed by atoms with Crippen molar-refractivity contribution in [1.82, 2.24) is 14.3 Å². The highest BCUT2D eigenvalue weighted by molar-refractivity contribution is 5.87. The quantitative estimate of drug-likeness (QED) is 0.931. The summed E-state index contributed by atoms with van der Waals surface area (Å²) in [5, 5.41) is 13.4. The first-order valence-corrected chi connectivity index (χ1v) is 7.11. The first kappa shape index (κ1) is 13.6. The normalized spacial score (nSPS) is 15.4. The standard InChI is InChI=1S/C15H17N3O3/c19-14-9-11(15(20)21)5-7-17(14)10-12-6-8-18(16-12)13-3-1-2-4-13/h5-9,13H,1-4,10H2,(H,20,21). The van der Waals surface area contributed by atoms with Gasteiger partial charge in [0.2, 0.25) is 0 Å². The van der Waals surface area contributed by atoms with Crippen LogP contribution in [0.1, 0.15) is 47.8 Å². The van der Waals surface area contributed by atoms with Crippen LogP contribution in [0.15, 0.2) is 35.4 Å². The highest BCUT2D eigenvalue weighted by atomic mass is 16.4. The average Bonchev–Trinajstić information content (AvgIpc) is 3.11. The maximum atomic E-state index is 11.9. The van der Waals surface area contributed by atoms with Gasteiger partial charge in [0.15, 0.2) is 0 Å². The van der Waals surface area contributed by atoms with Crippen molar-refractivity contribution < 1.29 is 9.90 Å². The summed E-state index contributed by atoms with van der Waals surface area (Å²) in [5.41, 5.74) is 0.491. The van der Waals surface area contributed by atoms with Crippen LogP contribution >= 0.6 is 0 Å². The van der Waals surface area contributed by atoms with Gasteiger partial charge in [0, 0.05) is 18.5 Å². The Balaban J connectivity index is 1.77. The molecule has 0 unspecified atom stereocenters. The van der Waals surface area contributed by atoms with E-state index < -0.39 is 5.97 Å². The van der Waals surface area contributed by atoms with Crippen LogP contribution in [0.25, 0.3) is 0 Å². The lowest BCUT2D eigenvalue weighted by Gasteiger charge is -2.09. The summed E-state index contributed by atoms with van der Waals surface area (Å²) in [5.74, 6) is -1.09. The van der Waals surface area contributed by atoms with E-state index in [9.17, 15) is 9.59 Å². The number of aromatic carboxylic acids is 1. The predicted molar refractivity (Wildman–Crippen MR) is 76.5 cm³/mol. The molecule has 0 aliphatic heterocycles. The van der Waals surface area contributed by atoms with Crippen LogP contribution in [-0.4, -0.2) is 25.4 Å². The number of aromatic nitrogens is 3. The van der Waals surface area contributed by atoms with Gasteiger partial charge in [-0.2, -0.15) is 5.10 Å². The highest BCUT2D eigenvalue weighted by Gasteiger charge is 2.17. The molecular weight excluding hydrogens is 270 g/mol. The summed E-state index contributed by atoms with van der Waals surface area (Å²) in [6.07, 6.45) is 8.27. The Morgan fingerprint density at radius 1 is 1.29 bits per heavy atom. The maximum absolute atomic E-state index is 11.9. The van der Waals surface area contributed by atoms with E-state index in [1.54, 1.807) is 0 Å². The second-order valence-corrected chi connectivity index (χ2v) is 5.41. The largest absolute Gasteiger partial charge is 0.478 e. The van der Waals surface area contributed by atoms with Crippen molar-refractivity contribution in [3.05, 3.63) is 52.2 Å². The van der Waals surface area contributed by atoms with Gasteiger partial charge in [-0.25, -0.2) is 4.79 Å². The molecule has 0 atom stereocenters. The number of pyridine rings is 1. The van der Waals surface area contributed by atoms with Crippen molar-refractivity contribution in [2.24, 2.45) is 0 Å². The molecule has 6 heteroatoms. The third-order valence-corrected chi connectivity index (χ3v) is 3.94. The van der Waals surface area contributed by atoms with E-state index in [2.05, 4.69) is 5.10 Å². The molecule has 2 aromatic rings. The molecule has 0 radical (unpaired) electrons. The van der Waals surface area contributed by atoms with Crippen molar-refractivity contribution in [3.8, 4) is 0 Å². The number of carboxylic acid groups (broad SMARTS) is 1. The zero-order valence-corrected chi connectivity index (χ0v) is 11.6. The molecule has 0 amide bonds. The minimum atomic E-state index is -1.09. The van der Waals surface area contributed by atoms with E-state index >= 15 is 0 Å². The van der Waals surface area contributed by atoms with E-state index in [0.717, 1.165) is 24.6 Å². The van der Waals surface area contributed by atoms with Crippen LogP contribution in [0.4, 0.5) is 0 Å². The maximum Gasteiger partial charge on any atom is 0.335 e. The first-order chi connectivity index (χ1) is 10.1. The highest BCUT2D eigenvalue weighted by Crippen LogP contribution is 2.28. The molecule has 3 rings (SSSR count). The molecule has 1 N–H and O–H groups in total. The van der Waals surface area contributed by atoms with Crippen molar-refractivity contribution >= 4 is 5.97 Å². The van der Waals surface area contributed by atoms with Crippen LogP contribution in [0.5, 0.6) is 0 Å². The van der Waals surface area contributed by atoms with Crippen molar-refractivity contribution in [2.45, 2.75) is 38.3 Å². The number of hydrogen-bond acceptors (Lipinski definition) is 3. The Bertz CT molecular complexity index is 711. The van der Waals surface area contributed by atoms with Gasteiger partial charge in [0.25, 0.3) is 5.56 Å². The molecule has 1 aliphatic carbocycles. The SMILES string of the molecule is O=C(O)c1ccn(Cc2ccn(C3CCCC3)n2)c(=O)c1. The molecule has 1 saturated carbocycles. The molecule has 1 fully saturated rings. The number of carboxylic acids is 1. The monoisotopic (exact) mass is 287 g/mol. The second-order valence-electron chi connectivity index (χ2n) is 5.41. The Hall–Kier alpha value is -2.37. The fourth-order valence-corrected chi connectivity index (χ4v) is 2.78. The lowest BCUT2D eigenvalue weighted by atomic mass is 10.2. The molecule has 0 bridgehead atoms. The third-order valence-electron chi connectivity index (χ3n) is 3.94. The van der Waals surface area contributed by atoms with Gasteiger partial charge in [-0.15, -0.1) is 0 Å². The lowest BCUT2D eigenvalue weighted by molar-refractivity contribution is 0.0696. The van der Waals surface area contributed by atoms with Gasteiger partial charge in [0.1, 0.15) is 0 Å². The van der Waals surface area contributed by atoms with E-state index in [4.69, 9.17) is 5.11 Å². The zero-order chi connectivity index (χ0) is 14.8. The Morgan fingerprint density at radius 2 is 2.05 bits per heavy atom. The number of nitrogens with zero attached hydrogens (tertiary/aromatic N) is 3. The second kappa shape index (κ2) is 5.55. The summed E-state index contributed by atoms with van der Waals surface area (Å²) in [6.45, 7) is 0.360. The summed E-state index contributed by atoms with van der Waals surface area (Å²) in [4.78, 5) is 22.7. The van der Waals surface area contributed by atoms with Crippen LogP contribution in [0, 0.1) is 0 Å². The summed E-state index contributed by atoms with van der Waals surface area (Å²) in [6, 6.07) is 4.95. The molecule has 110 valence electrons. The van der Waals surface area contributed by atoms with Crippen molar-refractivity contribution in [1.29, 1.82) is 0 Å². The number of carbonyl (C=O) groups is 1. The van der Waals surface area contributed by atoms with Gasteiger partial charge >= 0.3 is 5.97 Å². The molecule has 1 aliphatic rings. The summed E-state index contributed by atoms with van der Waals surface area (Å²) in [7, 11) is 0. The van der Waals surface area contributed by atoms with Gasteiger partial charge in [-0.1, -0.05) is 12.8 Å². The van der Waals surface area contributed by atoms with Crippen molar-refractivity contribution in [2.75, 3.05) is 0 Å². The molecule has 2 heterocycles. The minimum absolute atomic E-state index is 0.00716. The van der Waals surface area contributed by atoms with E-state index in [1.807, 2.05) is 16.9 Å². The van der Waals surface area contributed by atoms with Gasteiger partial charge in [-0.05, 0) is 25.0 Å². The van der Waals surface area contributed by atoms with E-state index in [1.165, 1.54) is 29.7 Å². The molecule has 2 aromatic heterocycles. The zero-order valence-electron chi connectivity index (χ0n) is 11.6. The fraction of sp³-hybridized carbons (Fsp3) is 0.400. The smallest absolute Gasteiger partial charge is 0.335 e. The van der Waals surface area contributed by atoms with Gasteiger partial charge in [0.05, 0.1) is 23.8 Å². The average molecular weight is 287 g/mol. The number of rotatable bonds is 4. The van der Waals surface area contributed by atoms with Crippen LogP contribution in [0.2, 0.25) is 0 Å². The van der Waals surface area contributed by atoms with Crippen LogP contribution in [-0.2, 0) is 6.54 Å². The molecule has 0 spiro atoms. The third kappa shape index (κ3) is 2.89. The van der Waals surface area contributed by atoms with Gasteiger partial charge < -0.3 is 9.67 Å². The first-order valence-electron chi connectivity index (χ1n) is 7.11. The fourth-order valence-electron chi connectivity index (χ4n) is 2.78. The summed E-state index contributed by atoms with van der Waals surface area (Å²) < 4.78 is 3.45. The van der Waals surface area contributed by atoms with Crippen LogP contribution < -0.4 is 5.56 Å². The molecule has 21 heavy (non-hydrogen) atoms. The lowest BCUT2D eigenvalue weighted by Crippen LogP contribution is -2.21. The number of hydrogen-bond donors (Lipinski definition) is 1. The molecule has 0 saturated heterocycles. The molecular formula is C15H17N3O3. The Morgan fingerprint density at radius 3 is 2.71 bits per heavy atom. The molecule has 0 aromatic carbocycles. The van der Waals surface area contributed by atoms with E-state index in [0.29, 0.717) is 12.6 Å². The predicted octanol–water partition coefficient (Wildman–Crippen LogP) is 1.91. The topological polar surface area (TPSA) is 77.1 Å². The summed E-state index contributed by atoms with van der Waals surface area (Å²) >= 11 is 0. The Kier molecular flexibility index (Phi) is 3.60. The van der Waals surface area contributed by atoms with Gasteiger partial charge in [-0.3, -0.25) is 9.48 Å². The minimum Gasteiger partial charge on any atom is -0.478 e. The van der Waals surface area contributed by atoms with Crippen LogP contribution in [0.3, 0.4) is 0 Å². The van der Waals surface area contributed by atoms with E-state index in [-0.39, 0.29) is 11.1 Å². The Labute approximate surface area is 121 Å².